The van der Waals surface area contributed by atoms with Crippen molar-refractivity contribution in [3.8, 4) is 22.6 Å². The zero-order valence-corrected chi connectivity index (χ0v) is 21.2. The molecule has 0 saturated heterocycles. The van der Waals surface area contributed by atoms with Crippen LogP contribution in [-0.4, -0.2) is 31.3 Å². The Kier molecular flexibility index (Phi) is 6.40. The number of halogens is 1. The summed E-state index contributed by atoms with van der Waals surface area (Å²) in [6.07, 6.45) is 3.73. The van der Waals surface area contributed by atoms with Gasteiger partial charge in [0.25, 0.3) is 5.56 Å². The van der Waals surface area contributed by atoms with Crippen LogP contribution >= 0.6 is 0 Å². The van der Waals surface area contributed by atoms with Gasteiger partial charge >= 0.3 is 5.69 Å². The number of ether oxygens (including phenoxy) is 1. The molecule has 11 heteroatoms. The molecule has 0 fully saturated rings. The van der Waals surface area contributed by atoms with E-state index in [0.29, 0.717) is 33.4 Å². The molecular formula is C25H26FN3O6S. The molecule has 2 aromatic heterocycles. The highest BCUT2D eigenvalue weighted by Crippen LogP contribution is 2.44. The Hall–Kier alpha value is -3.70. The van der Waals surface area contributed by atoms with Crippen molar-refractivity contribution in [2.45, 2.75) is 32.7 Å². The average molecular weight is 516 g/mol. The van der Waals surface area contributed by atoms with Crippen molar-refractivity contribution >= 4 is 21.0 Å². The Balaban J connectivity index is 1.97. The fraction of sp³-hybridized carbons (Fsp3) is 0.280. The molecule has 190 valence electrons. The number of fused-ring (bicyclic) bond motifs is 1. The lowest BCUT2D eigenvalue weighted by molar-refractivity contribution is 0.396. The molecule has 0 aliphatic carbocycles. The maximum Gasteiger partial charge on any atom is 0.333 e. The first kappa shape index (κ1) is 25.4. The van der Waals surface area contributed by atoms with E-state index in [1.165, 1.54) is 25.6 Å². The summed E-state index contributed by atoms with van der Waals surface area (Å²) >= 11 is 0. The predicted octanol–water partition coefficient (Wildman–Crippen LogP) is 3.43. The molecule has 4 rings (SSSR count). The average Bonchev–Trinajstić information content (AvgIpc) is 3.18. The number of H-pyrrole nitrogens is 1. The number of nitrogens with zero attached hydrogens (tertiary/aromatic N) is 1. The minimum Gasteiger partial charge on any atom is -0.496 e. The number of furan rings is 1. The van der Waals surface area contributed by atoms with Gasteiger partial charge in [0, 0.05) is 35.3 Å². The largest absolute Gasteiger partial charge is 0.496 e. The summed E-state index contributed by atoms with van der Waals surface area (Å²) in [7, 11) is -1.95. The van der Waals surface area contributed by atoms with Gasteiger partial charge in [-0.3, -0.25) is 14.3 Å². The number of aromatic nitrogens is 2. The first-order valence-electron chi connectivity index (χ1n) is 11.0. The van der Waals surface area contributed by atoms with Crippen LogP contribution in [0, 0.1) is 5.82 Å². The van der Waals surface area contributed by atoms with E-state index in [1.54, 1.807) is 18.2 Å². The van der Waals surface area contributed by atoms with Crippen molar-refractivity contribution in [2.24, 2.45) is 0 Å². The van der Waals surface area contributed by atoms with E-state index in [-0.39, 0.29) is 17.8 Å². The van der Waals surface area contributed by atoms with E-state index in [4.69, 9.17) is 9.15 Å². The van der Waals surface area contributed by atoms with Gasteiger partial charge in [-0.15, -0.1) is 0 Å². The molecule has 0 atom stereocenters. The standard InChI is InChI=1S/C25H26FN3O6S/c1-25(2,3)17-11-18(29-9-8-20(30)28-24(29)31)22(26)21(23(17)34-4)14-6-7-16-15(12-27-36(5,32)33)13-35-19(16)10-14/h6-11,13,27H,12H2,1-5H3,(H,28,30,31). The maximum atomic E-state index is 16.2. The van der Waals surface area contributed by atoms with Gasteiger partial charge in [-0.1, -0.05) is 32.9 Å². The van der Waals surface area contributed by atoms with Gasteiger partial charge in [0.1, 0.15) is 11.3 Å². The van der Waals surface area contributed by atoms with Gasteiger partial charge in [-0.25, -0.2) is 22.3 Å². The highest BCUT2D eigenvalue weighted by atomic mass is 32.2. The Morgan fingerprint density at radius 3 is 2.50 bits per heavy atom. The molecule has 0 bridgehead atoms. The second-order valence-electron chi connectivity index (χ2n) is 9.46. The van der Waals surface area contributed by atoms with Gasteiger partial charge in [0.05, 0.1) is 30.9 Å². The number of sulfonamides is 1. The predicted molar refractivity (Wildman–Crippen MR) is 135 cm³/mol. The van der Waals surface area contributed by atoms with Crippen molar-refractivity contribution in [1.29, 1.82) is 0 Å². The molecule has 0 saturated carbocycles. The van der Waals surface area contributed by atoms with Gasteiger partial charge in [-0.05, 0) is 23.1 Å². The van der Waals surface area contributed by atoms with E-state index in [2.05, 4.69) is 9.71 Å². The quantitative estimate of drug-likeness (QED) is 0.406. The topological polar surface area (TPSA) is 123 Å². The number of hydrogen-bond donors (Lipinski definition) is 2. The van der Waals surface area contributed by atoms with Crippen LogP contribution in [-0.2, 0) is 22.0 Å². The van der Waals surface area contributed by atoms with Gasteiger partial charge in [0.15, 0.2) is 5.82 Å². The Morgan fingerprint density at radius 1 is 1.17 bits per heavy atom. The molecule has 0 unspecified atom stereocenters. The Morgan fingerprint density at radius 2 is 1.89 bits per heavy atom. The summed E-state index contributed by atoms with van der Waals surface area (Å²) in [6, 6.07) is 7.70. The SMILES string of the molecule is COc1c(C(C)(C)C)cc(-n2ccc(=O)[nH]c2=O)c(F)c1-c1ccc2c(CNS(C)(=O)=O)coc2c1. The smallest absolute Gasteiger partial charge is 0.333 e. The van der Waals surface area contributed by atoms with Crippen molar-refractivity contribution in [1.82, 2.24) is 14.3 Å². The second kappa shape index (κ2) is 9.07. The minimum absolute atomic E-state index is 0.0433. The van der Waals surface area contributed by atoms with Gasteiger partial charge in [0.2, 0.25) is 10.0 Å². The van der Waals surface area contributed by atoms with Crippen LogP contribution in [0.4, 0.5) is 4.39 Å². The third-order valence-electron chi connectivity index (χ3n) is 5.76. The lowest BCUT2D eigenvalue weighted by Gasteiger charge is -2.26. The Bertz CT molecular complexity index is 1690. The number of benzene rings is 2. The summed E-state index contributed by atoms with van der Waals surface area (Å²) in [5.74, 6) is -0.426. The summed E-state index contributed by atoms with van der Waals surface area (Å²) in [5.41, 5.74) is 0.329. The van der Waals surface area contributed by atoms with Gasteiger partial charge < -0.3 is 9.15 Å². The summed E-state index contributed by atoms with van der Waals surface area (Å²) < 4.78 is 53.9. The van der Waals surface area contributed by atoms with E-state index < -0.39 is 32.5 Å². The lowest BCUT2D eigenvalue weighted by Crippen LogP contribution is -2.28. The molecule has 0 aliphatic heterocycles. The molecule has 4 aromatic rings. The number of rotatable bonds is 6. The fourth-order valence-electron chi connectivity index (χ4n) is 4.02. The van der Waals surface area contributed by atoms with Crippen molar-refractivity contribution in [3.63, 3.8) is 0 Å². The van der Waals surface area contributed by atoms with E-state index >= 15 is 4.39 Å². The molecule has 0 radical (unpaired) electrons. The van der Waals surface area contributed by atoms with Crippen LogP contribution in [0.5, 0.6) is 5.75 Å². The molecule has 36 heavy (non-hydrogen) atoms. The molecule has 2 aromatic carbocycles. The number of nitrogens with one attached hydrogen (secondary N) is 2. The number of aromatic amines is 1. The first-order chi connectivity index (χ1) is 16.8. The summed E-state index contributed by atoms with van der Waals surface area (Å²) in [6.45, 7) is 5.84. The molecule has 0 aliphatic rings. The van der Waals surface area contributed by atoms with E-state index in [1.807, 2.05) is 20.8 Å². The first-order valence-corrected chi connectivity index (χ1v) is 12.9. The molecule has 0 spiro atoms. The van der Waals surface area contributed by atoms with Crippen LogP contribution in [0.1, 0.15) is 31.9 Å². The van der Waals surface area contributed by atoms with Crippen LogP contribution in [0.15, 0.2) is 56.8 Å². The second-order valence-corrected chi connectivity index (χ2v) is 11.3. The molecule has 2 N–H and O–H groups in total. The summed E-state index contributed by atoms with van der Waals surface area (Å²) in [5, 5.41) is 0.665. The third kappa shape index (κ3) is 4.84. The normalized spacial score (nSPS) is 12.3. The van der Waals surface area contributed by atoms with Crippen molar-refractivity contribution in [3.05, 3.63) is 80.6 Å². The highest BCUT2D eigenvalue weighted by Gasteiger charge is 2.28. The number of methoxy groups -OCH3 is 1. The molecular weight excluding hydrogens is 489 g/mol. The molecule has 9 nitrogen and oxygen atoms in total. The maximum absolute atomic E-state index is 16.2. The zero-order chi connectivity index (χ0) is 26.4. The summed E-state index contributed by atoms with van der Waals surface area (Å²) in [4.78, 5) is 26.2. The van der Waals surface area contributed by atoms with Gasteiger partial charge in [-0.2, -0.15) is 0 Å². The lowest BCUT2D eigenvalue weighted by atomic mass is 9.83. The van der Waals surface area contributed by atoms with Crippen LogP contribution in [0.2, 0.25) is 0 Å². The van der Waals surface area contributed by atoms with Crippen LogP contribution in [0.25, 0.3) is 27.8 Å². The number of hydrogen-bond acceptors (Lipinski definition) is 6. The fourth-order valence-corrected chi connectivity index (χ4v) is 4.44. The monoisotopic (exact) mass is 515 g/mol. The zero-order valence-electron chi connectivity index (χ0n) is 20.4. The third-order valence-corrected chi connectivity index (χ3v) is 6.43. The van der Waals surface area contributed by atoms with E-state index in [0.717, 1.165) is 16.9 Å². The Labute approximate surface area is 206 Å². The van der Waals surface area contributed by atoms with Crippen LogP contribution in [0.3, 0.4) is 0 Å². The molecule has 2 heterocycles. The van der Waals surface area contributed by atoms with E-state index in [9.17, 15) is 18.0 Å². The van der Waals surface area contributed by atoms with Crippen LogP contribution < -0.4 is 20.7 Å². The minimum atomic E-state index is -3.40. The van der Waals surface area contributed by atoms with Crippen molar-refractivity contribution < 1.29 is 22.0 Å². The highest BCUT2D eigenvalue weighted by molar-refractivity contribution is 7.88. The van der Waals surface area contributed by atoms with Crippen molar-refractivity contribution in [2.75, 3.05) is 13.4 Å². The molecule has 0 amide bonds.